The average Bonchev–Trinajstić information content (AvgIpc) is 2.58. The number of ether oxygens (including phenoxy) is 3. The van der Waals surface area contributed by atoms with Crippen molar-refractivity contribution < 1.29 is 24.1 Å². The van der Waals surface area contributed by atoms with E-state index in [0.717, 1.165) is 6.42 Å². The molecule has 0 aliphatic carbocycles. The molecule has 0 heterocycles. The summed E-state index contributed by atoms with van der Waals surface area (Å²) in [6.45, 7) is 1.49. The number of hydrogen-bond acceptors (Lipinski definition) is 4. The summed E-state index contributed by atoms with van der Waals surface area (Å²) in [6.07, 6.45) is 0.863. The van der Waals surface area contributed by atoms with E-state index < -0.39 is 5.97 Å². The van der Waals surface area contributed by atoms with Gasteiger partial charge >= 0.3 is 5.97 Å². The van der Waals surface area contributed by atoms with Crippen LogP contribution in [0.3, 0.4) is 0 Å². The molecule has 0 saturated heterocycles. The van der Waals surface area contributed by atoms with Gasteiger partial charge in [-0.15, -0.1) is 0 Å². The summed E-state index contributed by atoms with van der Waals surface area (Å²) in [4.78, 5) is 11.0. The molecular weight excluding hydrogens is 296 g/mol. The van der Waals surface area contributed by atoms with Crippen molar-refractivity contribution in [2.45, 2.75) is 6.42 Å². The molecule has 0 spiro atoms. The third kappa shape index (κ3) is 5.30. The predicted octanol–water partition coefficient (Wildman–Crippen LogP) is 3.03. The van der Waals surface area contributed by atoms with Gasteiger partial charge in [0.15, 0.2) is 0 Å². The van der Waals surface area contributed by atoms with Gasteiger partial charge in [-0.25, -0.2) is 4.79 Å². The highest BCUT2D eigenvalue weighted by atomic mass is 16.5. The molecule has 2 rings (SSSR count). The van der Waals surface area contributed by atoms with Crippen LogP contribution in [0.15, 0.2) is 48.5 Å². The first kappa shape index (κ1) is 16.8. The highest BCUT2D eigenvalue weighted by Crippen LogP contribution is 2.24. The van der Waals surface area contributed by atoms with Crippen LogP contribution in [0.1, 0.15) is 15.9 Å². The molecule has 0 bridgehead atoms. The van der Waals surface area contributed by atoms with Gasteiger partial charge < -0.3 is 19.3 Å². The summed E-state index contributed by atoms with van der Waals surface area (Å²) < 4.78 is 16.1. The smallest absolute Gasteiger partial charge is 0.339 e. The molecular formula is C18H20O5. The maximum atomic E-state index is 11.0. The number of methoxy groups -OCH3 is 1. The highest BCUT2D eigenvalue weighted by molar-refractivity contribution is 5.91. The molecule has 122 valence electrons. The van der Waals surface area contributed by atoms with Gasteiger partial charge in [0, 0.05) is 6.07 Å². The van der Waals surface area contributed by atoms with E-state index in [1.54, 1.807) is 12.1 Å². The van der Waals surface area contributed by atoms with Crippen molar-refractivity contribution in [3.8, 4) is 11.5 Å². The van der Waals surface area contributed by atoms with Crippen molar-refractivity contribution in [1.29, 1.82) is 0 Å². The van der Waals surface area contributed by atoms with Gasteiger partial charge in [-0.1, -0.05) is 30.3 Å². The van der Waals surface area contributed by atoms with E-state index in [2.05, 4.69) is 12.1 Å². The van der Waals surface area contributed by atoms with E-state index in [1.807, 2.05) is 18.2 Å². The lowest BCUT2D eigenvalue weighted by atomic mass is 10.2. The molecule has 0 aliphatic heterocycles. The average molecular weight is 316 g/mol. The number of carboxylic acid groups (broad SMARTS) is 1. The zero-order chi connectivity index (χ0) is 16.5. The van der Waals surface area contributed by atoms with Crippen molar-refractivity contribution in [2.24, 2.45) is 0 Å². The van der Waals surface area contributed by atoms with E-state index in [0.29, 0.717) is 25.6 Å². The fraction of sp³-hybridized carbons (Fsp3) is 0.278. The molecule has 0 amide bonds. The Bertz CT molecular complexity index is 625. The molecule has 5 nitrogen and oxygen atoms in total. The fourth-order valence-corrected chi connectivity index (χ4v) is 2.09. The second-order valence-electron chi connectivity index (χ2n) is 4.86. The molecule has 0 aliphatic rings. The molecule has 0 unspecified atom stereocenters. The van der Waals surface area contributed by atoms with Crippen molar-refractivity contribution in [2.75, 3.05) is 26.9 Å². The van der Waals surface area contributed by atoms with Crippen LogP contribution in [-0.4, -0.2) is 38.0 Å². The Morgan fingerprint density at radius 1 is 1.04 bits per heavy atom. The number of benzene rings is 2. The van der Waals surface area contributed by atoms with Crippen molar-refractivity contribution in [1.82, 2.24) is 0 Å². The Balaban J connectivity index is 1.71. The van der Waals surface area contributed by atoms with E-state index in [4.69, 9.17) is 19.3 Å². The zero-order valence-electron chi connectivity index (χ0n) is 13.0. The van der Waals surface area contributed by atoms with E-state index in [9.17, 15) is 4.79 Å². The fourth-order valence-electron chi connectivity index (χ4n) is 2.09. The number of rotatable bonds is 9. The summed E-state index contributed by atoms with van der Waals surface area (Å²) in [6, 6.07) is 14.8. The Morgan fingerprint density at radius 3 is 2.52 bits per heavy atom. The molecule has 0 aromatic heterocycles. The largest absolute Gasteiger partial charge is 0.496 e. The minimum absolute atomic E-state index is 0.110. The topological polar surface area (TPSA) is 65.0 Å². The van der Waals surface area contributed by atoms with Gasteiger partial charge in [0.2, 0.25) is 0 Å². The maximum Gasteiger partial charge on any atom is 0.339 e. The summed E-state index contributed by atoms with van der Waals surface area (Å²) in [7, 11) is 1.43. The molecule has 23 heavy (non-hydrogen) atoms. The monoisotopic (exact) mass is 316 g/mol. The SMILES string of the molecule is COc1cc(OCCOCCc2ccccc2)ccc1C(=O)O. The number of carbonyl (C=O) groups is 1. The maximum absolute atomic E-state index is 11.0. The molecule has 5 heteroatoms. The molecule has 2 aromatic rings. The van der Waals surface area contributed by atoms with Gasteiger partial charge in [0.1, 0.15) is 23.7 Å². The van der Waals surface area contributed by atoms with Gasteiger partial charge in [-0.05, 0) is 24.1 Å². The Kier molecular flexibility index (Phi) is 6.44. The van der Waals surface area contributed by atoms with E-state index >= 15 is 0 Å². The summed E-state index contributed by atoms with van der Waals surface area (Å²) >= 11 is 0. The number of carboxylic acids is 1. The summed E-state index contributed by atoms with van der Waals surface area (Å²) in [5, 5.41) is 9.01. The first-order chi connectivity index (χ1) is 11.2. The van der Waals surface area contributed by atoms with Crippen LogP contribution >= 0.6 is 0 Å². The van der Waals surface area contributed by atoms with Gasteiger partial charge in [0.25, 0.3) is 0 Å². The molecule has 0 atom stereocenters. The van der Waals surface area contributed by atoms with Crippen LogP contribution in [0, 0.1) is 0 Å². The van der Waals surface area contributed by atoms with Crippen molar-refractivity contribution in [3.63, 3.8) is 0 Å². The Labute approximate surface area is 135 Å². The quantitative estimate of drug-likeness (QED) is 0.720. The third-order valence-electron chi connectivity index (χ3n) is 3.28. The van der Waals surface area contributed by atoms with Crippen LogP contribution in [-0.2, 0) is 11.2 Å². The lowest BCUT2D eigenvalue weighted by molar-refractivity contribution is 0.0693. The van der Waals surface area contributed by atoms with Crippen molar-refractivity contribution in [3.05, 3.63) is 59.7 Å². The van der Waals surface area contributed by atoms with Crippen molar-refractivity contribution >= 4 is 5.97 Å². The van der Waals surface area contributed by atoms with E-state index in [-0.39, 0.29) is 11.3 Å². The van der Waals surface area contributed by atoms with Crippen LogP contribution < -0.4 is 9.47 Å². The van der Waals surface area contributed by atoms with Gasteiger partial charge in [0.05, 0.1) is 20.3 Å². The second kappa shape index (κ2) is 8.80. The van der Waals surface area contributed by atoms with Crippen LogP contribution in [0.4, 0.5) is 0 Å². The normalized spacial score (nSPS) is 10.3. The minimum atomic E-state index is -1.03. The second-order valence-corrected chi connectivity index (χ2v) is 4.86. The zero-order valence-corrected chi connectivity index (χ0v) is 13.0. The van der Waals surface area contributed by atoms with Crippen LogP contribution in [0.2, 0.25) is 0 Å². The highest BCUT2D eigenvalue weighted by Gasteiger charge is 2.11. The third-order valence-corrected chi connectivity index (χ3v) is 3.28. The lowest BCUT2D eigenvalue weighted by Crippen LogP contribution is -2.09. The van der Waals surface area contributed by atoms with Crippen LogP contribution in [0.25, 0.3) is 0 Å². The van der Waals surface area contributed by atoms with Gasteiger partial charge in [-0.3, -0.25) is 0 Å². The Morgan fingerprint density at radius 2 is 1.83 bits per heavy atom. The predicted molar refractivity (Wildman–Crippen MR) is 86.4 cm³/mol. The van der Waals surface area contributed by atoms with Crippen LogP contribution in [0.5, 0.6) is 11.5 Å². The molecule has 1 N–H and O–H groups in total. The molecule has 0 fully saturated rings. The van der Waals surface area contributed by atoms with E-state index in [1.165, 1.54) is 18.7 Å². The summed E-state index contributed by atoms with van der Waals surface area (Å²) in [5.74, 6) is -0.198. The number of aromatic carboxylic acids is 1. The van der Waals surface area contributed by atoms with Gasteiger partial charge in [-0.2, -0.15) is 0 Å². The molecule has 2 aromatic carbocycles. The first-order valence-corrected chi connectivity index (χ1v) is 7.36. The molecule has 0 radical (unpaired) electrons. The Hall–Kier alpha value is -2.53. The lowest BCUT2D eigenvalue weighted by Gasteiger charge is -2.10. The minimum Gasteiger partial charge on any atom is -0.496 e. The first-order valence-electron chi connectivity index (χ1n) is 7.36. The summed E-state index contributed by atoms with van der Waals surface area (Å²) in [5.41, 5.74) is 1.35. The standard InChI is InChI=1S/C18H20O5/c1-21-17-13-15(7-8-16(17)18(19)20)23-12-11-22-10-9-14-5-3-2-4-6-14/h2-8,13H,9-12H2,1H3,(H,19,20). The number of hydrogen-bond donors (Lipinski definition) is 1. The molecule has 0 saturated carbocycles.